The molecule has 1 aromatic heterocycles. The quantitative estimate of drug-likeness (QED) is 0.342. The molecule has 0 saturated heterocycles. The van der Waals surface area contributed by atoms with Crippen LogP contribution in [-0.4, -0.2) is 61.5 Å². The van der Waals surface area contributed by atoms with Crippen molar-refractivity contribution in [2.45, 2.75) is 52.0 Å². The second-order valence-corrected chi connectivity index (χ2v) is 8.74. The lowest BCUT2D eigenvalue weighted by atomic mass is 9.91. The van der Waals surface area contributed by atoms with Crippen molar-refractivity contribution < 1.29 is 18.4 Å². The SMILES string of the molecule is C1CC1.C=N/C(=C\N1C=C(c2c(C)c(F)c(C(NC)C3CC3)c3[nH]ncc23)N=CC1)NC=O.CC=O.CF. The number of nitrogens with one attached hydrogen (secondary N) is 3. The van der Waals surface area contributed by atoms with Crippen molar-refractivity contribution in [2.75, 3.05) is 20.8 Å². The maximum Gasteiger partial charge on any atom is 0.212 e. The van der Waals surface area contributed by atoms with Crippen LogP contribution in [0, 0.1) is 18.7 Å². The predicted molar refractivity (Wildman–Crippen MR) is 148 cm³/mol. The lowest BCUT2D eigenvalue weighted by Gasteiger charge is -2.23. The highest BCUT2D eigenvalue weighted by molar-refractivity contribution is 5.96. The van der Waals surface area contributed by atoms with Crippen LogP contribution in [0.15, 0.2) is 34.4 Å². The molecular formula is C27H37F2N7O2. The number of rotatable bonds is 8. The summed E-state index contributed by atoms with van der Waals surface area (Å²) in [5.41, 5.74) is 3.16. The largest absolute Gasteiger partial charge is 0.343 e. The lowest BCUT2D eigenvalue weighted by molar-refractivity contribution is -0.109. The van der Waals surface area contributed by atoms with Gasteiger partial charge in [0.2, 0.25) is 6.41 Å². The zero-order valence-electron chi connectivity index (χ0n) is 22.4. The Morgan fingerprint density at radius 2 is 1.95 bits per heavy atom. The smallest absolute Gasteiger partial charge is 0.212 e. The molecule has 2 heterocycles. The number of aliphatic imine (C=N–C) groups is 2. The van der Waals surface area contributed by atoms with Crippen molar-refractivity contribution in [3.8, 4) is 0 Å². The summed E-state index contributed by atoms with van der Waals surface area (Å²) < 4.78 is 25.1. The number of hydrogen-bond donors (Lipinski definition) is 3. The Bertz CT molecular complexity index is 1180. The second kappa shape index (κ2) is 15.5. The van der Waals surface area contributed by atoms with Gasteiger partial charge in [0.25, 0.3) is 0 Å². The maximum atomic E-state index is 15.6. The van der Waals surface area contributed by atoms with E-state index in [1.54, 1.807) is 36.6 Å². The Balaban J connectivity index is 0.000000558. The number of fused-ring (bicyclic) bond motifs is 1. The van der Waals surface area contributed by atoms with E-state index in [-0.39, 0.29) is 11.9 Å². The fraction of sp³-hybridized carbons (Fsp3) is 0.444. The van der Waals surface area contributed by atoms with Gasteiger partial charge in [0.05, 0.1) is 31.1 Å². The minimum Gasteiger partial charge on any atom is -0.343 e. The molecule has 0 spiro atoms. The lowest BCUT2D eigenvalue weighted by Crippen LogP contribution is -2.22. The number of nitrogens with zero attached hydrogens (tertiary/aromatic N) is 4. The Kier molecular flexibility index (Phi) is 12.4. The highest BCUT2D eigenvalue weighted by Crippen LogP contribution is 2.45. The van der Waals surface area contributed by atoms with Gasteiger partial charge in [-0.2, -0.15) is 5.10 Å². The standard InChI is InChI=1S/C21H24FN7O.C3H6.C2H4O.CH3F/c1-12-17(15-9-29(7-6-25-15)10-16(23-2)26-11-30)14-8-27-28-21(14)18(19(12)22)20(24-3)13-4-5-13;1-2-3-1;1-2-3;1-2/h6,8-11,13,20,24H,2,4-5,7H2,1,3H3,(H,26,30)(H,27,28);1-3H2;2H,1H3;1H3/b16-10+;;;. The van der Waals surface area contributed by atoms with Gasteiger partial charge < -0.3 is 20.3 Å². The van der Waals surface area contributed by atoms with Gasteiger partial charge in [-0.15, -0.1) is 0 Å². The fourth-order valence-corrected chi connectivity index (χ4v) is 4.01. The van der Waals surface area contributed by atoms with Crippen LogP contribution < -0.4 is 10.6 Å². The van der Waals surface area contributed by atoms with Crippen LogP contribution in [-0.2, 0) is 9.59 Å². The molecule has 9 nitrogen and oxygen atoms in total. The van der Waals surface area contributed by atoms with E-state index < -0.39 is 0 Å². The highest BCUT2D eigenvalue weighted by Gasteiger charge is 2.36. The van der Waals surface area contributed by atoms with Gasteiger partial charge in [-0.1, -0.05) is 19.3 Å². The highest BCUT2D eigenvalue weighted by atomic mass is 19.1. The number of halogens is 2. The predicted octanol–water partition coefficient (Wildman–Crippen LogP) is 4.57. The van der Waals surface area contributed by atoms with Crippen molar-refractivity contribution in [1.82, 2.24) is 25.7 Å². The van der Waals surface area contributed by atoms with E-state index in [0.29, 0.717) is 59.8 Å². The summed E-state index contributed by atoms with van der Waals surface area (Å²) in [7, 11) is 2.37. The van der Waals surface area contributed by atoms with Crippen LogP contribution in [0.25, 0.3) is 16.6 Å². The van der Waals surface area contributed by atoms with Gasteiger partial charge in [0.15, 0.2) is 0 Å². The van der Waals surface area contributed by atoms with Crippen LogP contribution in [0.2, 0.25) is 0 Å². The third kappa shape index (κ3) is 7.88. The molecule has 206 valence electrons. The van der Waals surface area contributed by atoms with Crippen LogP contribution >= 0.6 is 0 Å². The molecule has 1 amide bonds. The molecule has 2 saturated carbocycles. The molecule has 3 aliphatic rings. The van der Waals surface area contributed by atoms with E-state index in [9.17, 15) is 9.18 Å². The molecule has 0 bridgehead atoms. The van der Waals surface area contributed by atoms with Gasteiger partial charge >= 0.3 is 0 Å². The number of alkyl halides is 1. The summed E-state index contributed by atoms with van der Waals surface area (Å²) in [6.45, 7) is 7.15. The molecule has 0 radical (unpaired) electrons. The molecule has 5 rings (SSSR count). The van der Waals surface area contributed by atoms with E-state index in [2.05, 4.69) is 37.5 Å². The normalized spacial score (nSPS) is 16.4. The summed E-state index contributed by atoms with van der Waals surface area (Å²) >= 11 is 0. The maximum absolute atomic E-state index is 15.6. The first-order valence-electron chi connectivity index (χ1n) is 12.5. The summed E-state index contributed by atoms with van der Waals surface area (Å²) in [4.78, 5) is 29.6. The van der Waals surface area contributed by atoms with Crippen molar-refractivity contribution >= 4 is 42.2 Å². The van der Waals surface area contributed by atoms with E-state index in [4.69, 9.17) is 4.79 Å². The van der Waals surface area contributed by atoms with E-state index in [1.165, 1.54) is 26.2 Å². The van der Waals surface area contributed by atoms with Gasteiger partial charge in [0.1, 0.15) is 17.9 Å². The third-order valence-electron chi connectivity index (χ3n) is 5.92. The zero-order valence-corrected chi connectivity index (χ0v) is 22.4. The van der Waals surface area contributed by atoms with Gasteiger partial charge in [-0.05, 0) is 51.9 Å². The van der Waals surface area contributed by atoms with E-state index in [1.807, 2.05) is 7.05 Å². The number of carbonyl (C=O) groups is 2. The Morgan fingerprint density at radius 3 is 2.47 bits per heavy atom. The first-order chi connectivity index (χ1) is 18.5. The number of aldehydes is 1. The molecule has 2 aliphatic carbocycles. The third-order valence-corrected chi connectivity index (χ3v) is 5.92. The number of hydrogen-bond acceptors (Lipinski definition) is 7. The first kappa shape index (κ1) is 30.5. The molecule has 3 N–H and O–H groups in total. The molecule has 38 heavy (non-hydrogen) atoms. The summed E-state index contributed by atoms with van der Waals surface area (Å²) in [6.07, 6.45) is 14.8. The summed E-state index contributed by atoms with van der Waals surface area (Å²) in [5, 5.41) is 13.8. The number of carbonyl (C=O) groups excluding carboxylic acids is 2. The molecule has 1 aromatic carbocycles. The Labute approximate surface area is 222 Å². The van der Waals surface area contributed by atoms with Crippen molar-refractivity contribution in [3.05, 3.63) is 46.9 Å². The van der Waals surface area contributed by atoms with Crippen molar-refractivity contribution in [1.29, 1.82) is 0 Å². The first-order valence-corrected chi connectivity index (χ1v) is 12.5. The van der Waals surface area contributed by atoms with E-state index >= 15 is 4.39 Å². The molecule has 1 aliphatic heterocycles. The number of benzene rings is 1. The number of amides is 1. The zero-order chi connectivity index (χ0) is 28.1. The number of aromatic amines is 1. The molecular weight excluding hydrogens is 492 g/mol. The molecule has 11 heteroatoms. The average molecular weight is 530 g/mol. The molecule has 1 atom stereocenters. The van der Waals surface area contributed by atoms with Crippen LogP contribution in [0.1, 0.15) is 61.8 Å². The number of aromatic nitrogens is 2. The minimum absolute atomic E-state index is 0.0559. The minimum atomic E-state index is -0.243. The monoisotopic (exact) mass is 529 g/mol. The molecule has 2 fully saturated rings. The van der Waals surface area contributed by atoms with Crippen molar-refractivity contribution in [2.24, 2.45) is 15.9 Å². The van der Waals surface area contributed by atoms with Gasteiger partial charge in [-0.3, -0.25) is 19.3 Å². The molecule has 2 aromatic rings. The summed E-state index contributed by atoms with van der Waals surface area (Å²) in [5.74, 6) is 0.501. The van der Waals surface area contributed by atoms with E-state index in [0.717, 1.165) is 24.5 Å². The topological polar surface area (TPSA) is 115 Å². The van der Waals surface area contributed by atoms with Crippen molar-refractivity contribution in [3.63, 3.8) is 0 Å². The summed E-state index contributed by atoms with van der Waals surface area (Å²) in [6, 6.07) is -0.0559. The number of H-pyrrole nitrogens is 1. The Morgan fingerprint density at radius 1 is 1.29 bits per heavy atom. The van der Waals surface area contributed by atoms with Crippen LogP contribution in [0.4, 0.5) is 8.78 Å². The second-order valence-electron chi connectivity index (χ2n) is 8.74. The average Bonchev–Trinajstić information content (AvgIpc) is 3.87. The van der Waals surface area contributed by atoms with Crippen LogP contribution in [0.3, 0.4) is 0 Å². The fourth-order valence-electron chi connectivity index (χ4n) is 4.01. The Hall–Kier alpha value is -3.73. The van der Waals surface area contributed by atoms with Crippen LogP contribution in [0.5, 0.6) is 0 Å². The van der Waals surface area contributed by atoms with Gasteiger partial charge in [-0.25, -0.2) is 9.38 Å². The van der Waals surface area contributed by atoms with Gasteiger partial charge in [0, 0.05) is 41.2 Å². The molecule has 1 unspecified atom stereocenters.